The molecule has 6 nitrogen and oxygen atoms in total. The summed E-state index contributed by atoms with van der Waals surface area (Å²) in [5, 5.41) is 5.97. The molecule has 126 valence electrons. The fourth-order valence-corrected chi connectivity index (χ4v) is 2.30. The van der Waals surface area contributed by atoms with Crippen LogP contribution in [0.1, 0.15) is 29.6 Å². The van der Waals surface area contributed by atoms with Crippen molar-refractivity contribution in [2.45, 2.75) is 25.3 Å². The van der Waals surface area contributed by atoms with Crippen LogP contribution in [0.25, 0.3) is 0 Å². The van der Waals surface area contributed by atoms with Crippen molar-refractivity contribution >= 4 is 29.2 Å². The number of ether oxygens (including phenoxy) is 1. The molecule has 1 aliphatic carbocycles. The number of amides is 3. The van der Waals surface area contributed by atoms with Gasteiger partial charge in [-0.05, 0) is 37.5 Å². The van der Waals surface area contributed by atoms with Gasteiger partial charge in [0.2, 0.25) is 0 Å². The fourth-order valence-electron chi connectivity index (χ4n) is 2.03. The number of nitrogens with zero attached hydrogens (tertiary/aromatic N) is 1. The average molecular weight is 340 g/mol. The lowest BCUT2D eigenvalue weighted by atomic mass is 10.2. The molecule has 0 bridgehead atoms. The monoisotopic (exact) mass is 339 g/mol. The molecule has 0 unspecified atom stereocenters. The highest BCUT2D eigenvalue weighted by atomic mass is 35.5. The van der Waals surface area contributed by atoms with Gasteiger partial charge in [0.05, 0.1) is 10.6 Å². The third kappa shape index (κ3) is 5.41. The van der Waals surface area contributed by atoms with E-state index < -0.39 is 0 Å². The fraction of sp³-hybridized carbons (Fsp3) is 0.500. The number of benzene rings is 1. The Balaban J connectivity index is 1.91. The minimum atomic E-state index is -0.229. The lowest BCUT2D eigenvalue weighted by molar-refractivity contribution is 0.0951. The molecule has 2 rings (SSSR count). The van der Waals surface area contributed by atoms with Crippen LogP contribution in [0.5, 0.6) is 0 Å². The van der Waals surface area contributed by atoms with Gasteiger partial charge in [-0.1, -0.05) is 11.6 Å². The first-order valence-corrected chi connectivity index (χ1v) is 8.00. The topological polar surface area (TPSA) is 70.7 Å². The Kier molecular flexibility index (Phi) is 6.24. The number of halogens is 1. The Bertz CT molecular complexity index is 576. The van der Waals surface area contributed by atoms with Crippen LogP contribution < -0.4 is 10.6 Å². The van der Waals surface area contributed by atoms with Gasteiger partial charge >= 0.3 is 6.03 Å². The van der Waals surface area contributed by atoms with Crippen LogP contribution in [-0.4, -0.2) is 50.2 Å². The first kappa shape index (κ1) is 17.6. The normalized spacial score (nSPS) is 13.5. The number of nitrogens with one attached hydrogen (secondary N) is 2. The highest BCUT2D eigenvalue weighted by Gasteiger charge is 2.24. The summed E-state index contributed by atoms with van der Waals surface area (Å²) in [7, 11) is 3.34. The van der Waals surface area contributed by atoms with Crippen LogP contribution in [0.2, 0.25) is 5.02 Å². The molecule has 23 heavy (non-hydrogen) atoms. The van der Waals surface area contributed by atoms with Crippen LogP contribution in [0.15, 0.2) is 18.2 Å². The minimum Gasteiger partial charge on any atom is -0.385 e. The van der Waals surface area contributed by atoms with Gasteiger partial charge in [-0.15, -0.1) is 0 Å². The summed E-state index contributed by atoms with van der Waals surface area (Å²) in [6.45, 7) is 1.20. The summed E-state index contributed by atoms with van der Waals surface area (Å²) in [6, 6.07) is 4.94. The van der Waals surface area contributed by atoms with E-state index in [-0.39, 0.29) is 18.0 Å². The number of carbonyl (C=O) groups excluding carboxylic acids is 2. The second-order valence-electron chi connectivity index (χ2n) is 5.64. The number of methoxy groups -OCH3 is 1. The van der Waals surface area contributed by atoms with Gasteiger partial charge in [0, 0.05) is 39.0 Å². The lowest BCUT2D eigenvalue weighted by Gasteiger charge is -2.18. The third-order valence-electron chi connectivity index (χ3n) is 3.57. The van der Waals surface area contributed by atoms with E-state index >= 15 is 0 Å². The average Bonchev–Trinajstić information content (AvgIpc) is 3.31. The Hall–Kier alpha value is -1.79. The molecule has 0 aliphatic heterocycles. The SMILES string of the molecule is COCCCN(C)C(=O)Nc1ccc(C(=O)NC2CC2)c(Cl)c1. The number of carbonyl (C=O) groups is 2. The molecule has 0 radical (unpaired) electrons. The molecule has 1 aliphatic rings. The van der Waals surface area contributed by atoms with Crippen molar-refractivity contribution in [1.82, 2.24) is 10.2 Å². The Morgan fingerprint density at radius 1 is 1.39 bits per heavy atom. The van der Waals surface area contributed by atoms with Crippen LogP contribution in [-0.2, 0) is 4.74 Å². The number of urea groups is 1. The standard InChI is InChI=1S/C16H22ClN3O3/c1-20(8-3-9-23-2)16(22)19-12-6-7-13(14(17)10-12)15(21)18-11-4-5-11/h6-7,10-11H,3-5,8-9H2,1-2H3,(H,18,21)(H,19,22). The zero-order chi connectivity index (χ0) is 16.8. The van der Waals surface area contributed by atoms with Crippen LogP contribution in [0.4, 0.5) is 10.5 Å². The van der Waals surface area contributed by atoms with Crippen molar-refractivity contribution in [1.29, 1.82) is 0 Å². The molecular weight excluding hydrogens is 318 g/mol. The second-order valence-corrected chi connectivity index (χ2v) is 6.05. The molecule has 0 spiro atoms. The highest BCUT2D eigenvalue weighted by molar-refractivity contribution is 6.34. The van der Waals surface area contributed by atoms with Gasteiger partial charge in [-0.25, -0.2) is 4.79 Å². The van der Waals surface area contributed by atoms with Crippen molar-refractivity contribution in [2.75, 3.05) is 32.6 Å². The largest absolute Gasteiger partial charge is 0.385 e. The lowest BCUT2D eigenvalue weighted by Crippen LogP contribution is -2.32. The Morgan fingerprint density at radius 3 is 2.74 bits per heavy atom. The maximum Gasteiger partial charge on any atom is 0.321 e. The predicted octanol–water partition coefficient (Wildman–Crippen LogP) is 2.73. The van der Waals surface area contributed by atoms with Gasteiger partial charge in [0.1, 0.15) is 0 Å². The summed E-state index contributed by atoms with van der Waals surface area (Å²) in [4.78, 5) is 25.6. The Labute approximate surface area is 141 Å². The molecule has 7 heteroatoms. The summed E-state index contributed by atoms with van der Waals surface area (Å²) in [6.07, 6.45) is 2.81. The van der Waals surface area contributed by atoms with Gasteiger partial charge in [0.15, 0.2) is 0 Å². The van der Waals surface area contributed by atoms with Crippen LogP contribution >= 0.6 is 11.6 Å². The molecule has 1 aromatic carbocycles. The van der Waals surface area contributed by atoms with Crippen molar-refractivity contribution < 1.29 is 14.3 Å². The summed E-state index contributed by atoms with van der Waals surface area (Å²) >= 11 is 6.15. The molecule has 0 saturated heterocycles. The molecule has 1 fully saturated rings. The van der Waals surface area contributed by atoms with Crippen molar-refractivity contribution in [2.24, 2.45) is 0 Å². The summed E-state index contributed by atoms with van der Waals surface area (Å²) < 4.78 is 4.96. The summed E-state index contributed by atoms with van der Waals surface area (Å²) in [5.41, 5.74) is 0.978. The predicted molar refractivity (Wildman–Crippen MR) is 90.1 cm³/mol. The quantitative estimate of drug-likeness (QED) is 0.750. The first-order chi connectivity index (χ1) is 11.0. The van der Waals surface area contributed by atoms with Crippen molar-refractivity contribution in [3.05, 3.63) is 28.8 Å². The Morgan fingerprint density at radius 2 is 2.13 bits per heavy atom. The second kappa shape index (κ2) is 8.17. The third-order valence-corrected chi connectivity index (χ3v) is 3.88. The molecular formula is C16H22ClN3O3. The summed E-state index contributed by atoms with van der Waals surface area (Å²) in [5.74, 6) is -0.174. The van der Waals surface area contributed by atoms with E-state index in [1.807, 2.05) is 0 Å². The van der Waals surface area contributed by atoms with Crippen LogP contribution in [0, 0.1) is 0 Å². The molecule has 2 N–H and O–H groups in total. The first-order valence-electron chi connectivity index (χ1n) is 7.62. The van der Waals surface area contributed by atoms with E-state index in [0.29, 0.717) is 29.4 Å². The number of hydrogen-bond donors (Lipinski definition) is 2. The smallest absolute Gasteiger partial charge is 0.321 e. The van der Waals surface area contributed by atoms with Gasteiger partial charge < -0.3 is 20.3 Å². The number of anilines is 1. The molecule has 0 aromatic heterocycles. The molecule has 0 atom stereocenters. The van der Waals surface area contributed by atoms with E-state index in [1.165, 1.54) is 0 Å². The molecule has 3 amide bonds. The molecule has 1 aromatic rings. The minimum absolute atomic E-state index is 0.174. The van der Waals surface area contributed by atoms with Gasteiger partial charge in [0.25, 0.3) is 5.91 Å². The van der Waals surface area contributed by atoms with Crippen molar-refractivity contribution in [3.8, 4) is 0 Å². The maximum absolute atomic E-state index is 12.0. The molecule has 0 heterocycles. The van der Waals surface area contributed by atoms with Crippen molar-refractivity contribution in [3.63, 3.8) is 0 Å². The highest BCUT2D eigenvalue weighted by Crippen LogP contribution is 2.24. The maximum atomic E-state index is 12.0. The van der Waals surface area contributed by atoms with E-state index in [1.54, 1.807) is 37.3 Å². The van der Waals surface area contributed by atoms with E-state index in [9.17, 15) is 9.59 Å². The van der Waals surface area contributed by atoms with Gasteiger partial charge in [-0.3, -0.25) is 4.79 Å². The van der Waals surface area contributed by atoms with Crippen LogP contribution in [0.3, 0.4) is 0 Å². The van der Waals surface area contributed by atoms with E-state index in [4.69, 9.17) is 16.3 Å². The zero-order valence-corrected chi connectivity index (χ0v) is 14.2. The zero-order valence-electron chi connectivity index (χ0n) is 13.4. The number of hydrogen-bond acceptors (Lipinski definition) is 3. The molecule has 1 saturated carbocycles. The van der Waals surface area contributed by atoms with E-state index in [2.05, 4.69) is 10.6 Å². The van der Waals surface area contributed by atoms with E-state index in [0.717, 1.165) is 19.3 Å². The van der Waals surface area contributed by atoms with Gasteiger partial charge in [-0.2, -0.15) is 0 Å². The number of rotatable bonds is 7.